The van der Waals surface area contributed by atoms with E-state index >= 15 is 0 Å². The molecule has 5 rings (SSSR count). The number of nitrogens with zero attached hydrogens (tertiary/aromatic N) is 2. The normalized spacial score (nSPS) is 25.0. The van der Waals surface area contributed by atoms with Crippen LogP contribution in [0.4, 0.5) is 0 Å². The maximum absolute atomic E-state index is 13.8. The lowest BCUT2D eigenvalue weighted by molar-refractivity contribution is 0.202. The molecule has 0 aliphatic carbocycles. The van der Waals surface area contributed by atoms with Crippen molar-refractivity contribution in [1.82, 2.24) is 8.61 Å². The van der Waals surface area contributed by atoms with Crippen LogP contribution < -0.4 is 0 Å². The number of hydrogen-bond donors (Lipinski definition) is 0. The first-order valence-electron chi connectivity index (χ1n) is 11.8. The van der Waals surface area contributed by atoms with Crippen LogP contribution in [0.5, 0.6) is 0 Å². The summed E-state index contributed by atoms with van der Waals surface area (Å²) in [7, 11) is -7.50. The molecule has 3 aromatic rings. The molecule has 3 aromatic carbocycles. The summed E-state index contributed by atoms with van der Waals surface area (Å²) < 4.78 is 57.5. The van der Waals surface area contributed by atoms with Gasteiger partial charge in [0.2, 0.25) is 20.0 Å². The van der Waals surface area contributed by atoms with Gasteiger partial charge in [0, 0.05) is 19.1 Å². The smallest absolute Gasteiger partial charge is 0.207 e. The first kappa shape index (κ1) is 24.2. The van der Waals surface area contributed by atoms with Gasteiger partial charge in [0.05, 0.1) is 15.3 Å². The molecule has 2 aliphatic rings. The van der Waals surface area contributed by atoms with Crippen molar-refractivity contribution in [3.63, 3.8) is 0 Å². The van der Waals surface area contributed by atoms with Crippen molar-refractivity contribution < 1.29 is 16.8 Å². The molecular weight excluding hydrogens is 480 g/mol. The summed E-state index contributed by atoms with van der Waals surface area (Å²) in [4.78, 5) is 0.492. The molecule has 0 N–H and O–H groups in total. The number of aryl methyl sites for hydroxylation is 2. The number of sulfonamides is 2. The van der Waals surface area contributed by atoms with Crippen molar-refractivity contribution >= 4 is 20.0 Å². The van der Waals surface area contributed by atoms with Crippen LogP contribution in [0.1, 0.15) is 29.5 Å². The van der Waals surface area contributed by atoms with Gasteiger partial charge in [-0.25, -0.2) is 16.8 Å². The highest BCUT2D eigenvalue weighted by molar-refractivity contribution is 7.89. The van der Waals surface area contributed by atoms with Crippen molar-refractivity contribution in [2.24, 2.45) is 0 Å². The zero-order chi connectivity index (χ0) is 24.8. The Morgan fingerprint density at radius 3 is 1.86 bits per heavy atom. The van der Waals surface area contributed by atoms with Crippen molar-refractivity contribution in [1.29, 1.82) is 0 Å². The standard InChI is InChI=1S/C27H30N2O4S2/c1-21-8-12-25(13-9-21)34(30,31)28-19-27(17-16-24(28)18-23-6-4-3-5-7-23)20-29(27)35(32,33)26-14-10-22(2)11-15-26/h3-15,24H,16-20H2,1-2H3/t24-,27-,29?/m1/s1. The molecule has 0 amide bonds. The minimum Gasteiger partial charge on any atom is -0.207 e. The van der Waals surface area contributed by atoms with Crippen molar-refractivity contribution in [2.45, 2.75) is 54.5 Å². The molecule has 2 aliphatic heterocycles. The van der Waals surface area contributed by atoms with Crippen LogP contribution in [0.3, 0.4) is 0 Å². The fraction of sp³-hybridized carbons (Fsp3) is 0.333. The van der Waals surface area contributed by atoms with E-state index in [9.17, 15) is 16.8 Å². The van der Waals surface area contributed by atoms with Crippen LogP contribution in [0.15, 0.2) is 88.7 Å². The Labute approximate surface area is 208 Å². The lowest BCUT2D eigenvalue weighted by Gasteiger charge is -2.39. The average Bonchev–Trinajstić information content (AvgIpc) is 3.56. The first-order valence-corrected chi connectivity index (χ1v) is 14.7. The summed E-state index contributed by atoms with van der Waals surface area (Å²) in [5.41, 5.74) is 2.34. The van der Waals surface area contributed by atoms with E-state index in [1.807, 2.05) is 44.2 Å². The second-order valence-electron chi connectivity index (χ2n) is 9.79. The van der Waals surface area contributed by atoms with Crippen LogP contribution in [-0.4, -0.2) is 50.1 Å². The predicted molar refractivity (Wildman–Crippen MR) is 136 cm³/mol. The molecular formula is C27H30N2O4S2. The SMILES string of the molecule is Cc1ccc(S(=O)(=O)N2C[C@]3(CC[C@@H]2Cc2ccccc2)CN3S(=O)(=O)c2ccc(C)cc2)cc1. The zero-order valence-corrected chi connectivity index (χ0v) is 21.6. The van der Waals surface area contributed by atoms with Gasteiger partial charge in [-0.1, -0.05) is 65.7 Å². The second kappa shape index (κ2) is 8.85. The summed E-state index contributed by atoms with van der Waals surface area (Å²) in [6, 6.07) is 23.3. The van der Waals surface area contributed by atoms with Gasteiger partial charge in [0.25, 0.3) is 0 Å². The monoisotopic (exact) mass is 510 g/mol. The van der Waals surface area contributed by atoms with Gasteiger partial charge in [0.15, 0.2) is 0 Å². The molecule has 2 saturated heterocycles. The summed E-state index contributed by atoms with van der Waals surface area (Å²) in [6.07, 6.45) is 1.82. The molecule has 6 nitrogen and oxygen atoms in total. The minimum absolute atomic E-state index is 0.159. The lowest BCUT2D eigenvalue weighted by atomic mass is 9.91. The Bertz CT molecular complexity index is 1420. The second-order valence-corrected chi connectivity index (χ2v) is 13.5. The van der Waals surface area contributed by atoms with Gasteiger partial charge < -0.3 is 0 Å². The van der Waals surface area contributed by atoms with Crippen molar-refractivity contribution in [2.75, 3.05) is 13.1 Å². The van der Waals surface area contributed by atoms with Crippen LogP contribution in [0, 0.1) is 13.8 Å². The van der Waals surface area contributed by atoms with Gasteiger partial charge in [-0.3, -0.25) is 0 Å². The van der Waals surface area contributed by atoms with E-state index in [0.717, 1.165) is 16.7 Å². The number of piperidine rings is 1. The van der Waals surface area contributed by atoms with E-state index in [0.29, 0.717) is 25.8 Å². The predicted octanol–water partition coefficient (Wildman–Crippen LogP) is 4.14. The van der Waals surface area contributed by atoms with Crippen LogP contribution in [0.25, 0.3) is 0 Å². The molecule has 2 fully saturated rings. The van der Waals surface area contributed by atoms with Crippen LogP contribution in [0.2, 0.25) is 0 Å². The molecule has 2 heterocycles. The molecule has 184 valence electrons. The fourth-order valence-electron chi connectivity index (χ4n) is 5.04. The Morgan fingerprint density at radius 2 is 1.29 bits per heavy atom. The van der Waals surface area contributed by atoms with Crippen LogP contribution >= 0.6 is 0 Å². The molecule has 1 spiro atoms. The van der Waals surface area contributed by atoms with Gasteiger partial charge in [-0.15, -0.1) is 0 Å². The van der Waals surface area contributed by atoms with E-state index in [1.54, 1.807) is 52.8 Å². The first-order chi connectivity index (χ1) is 16.6. The molecule has 1 unspecified atom stereocenters. The topological polar surface area (TPSA) is 74.5 Å². The maximum atomic E-state index is 13.8. The largest absolute Gasteiger partial charge is 0.243 e. The molecule has 0 radical (unpaired) electrons. The quantitative estimate of drug-likeness (QED) is 0.467. The summed E-state index contributed by atoms with van der Waals surface area (Å²) >= 11 is 0. The van der Waals surface area contributed by atoms with Gasteiger partial charge >= 0.3 is 0 Å². The summed E-state index contributed by atoms with van der Waals surface area (Å²) in [5.74, 6) is 0. The van der Waals surface area contributed by atoms with Gasteiger partial charge in [-0.05, 0) is 62.9 Å². The third-order valence-corrected chi connectivity index (χ3v) is 11.1. The highest BCUT2D eigenvalue weighted by Crippen LogP contribution is 2.47. The highest BCUT2D eigenvalue weighted by Gasteiger charge is 2.62. The molecule has 35 heavy (non-hydrogen) atoms. The maximum Gasteiger partial charge on any atom is 0.243 e. The number of rotatable bonds is 6. The third-order valence-electron chi connectivity index (χ3n) is 7.21. The summed E-state index contributed by atoms with van der Waals surface area (Å²) in [6.45, 7) is 4.33. The van der Waals surface area contributed by atoms with Crippen LogP contribution in [-0.2, 0) is 26.5 Å². The Morgan fingerprint density at radius 1 is 0.743 bits per heavy atom. The van der Waals surface area contributed by atoms with Crippen molar-refractivity contribution in [3.05, 3.63) is 95.6 Å². The van der Waals surface area contributed by atoms with E-state index in [1.165, 1.54) is 4.31 Å². The molecule has 0 bridgehead atoms. The lowest BCUT2D eigenvalue weighted by Crippen LogP contribution is -2.52. The average molecular weight is 511 g/mol. The molecule has 3 atom stereocenters. The van der Waals surface area contributed by atoms with E-state index < -0.39 is 25.6 Å². The van der Waals surface area contributed by atoms with E-state index in [4.69, 9.17) is 0 Å². The van der Waals surface area contributed by atoms with Gasteiger partial charge in [0.1, 0.15) is 0 Å². The molecule has 8 heteroatoms. The number of hydrogen-bond acceptors (Lipinski definition) is 4. The third kappa shape index (κ3) is 4.56. The Balaban J connectivity index is 1.47. The van der Waals surface area contributed by atoms with Crippen molar-refractivity contribution in [3.8, 4) is 0 Å². The highest BCUT2D eigenvalue weighted by atomic mass is 32.2. The molecule has 0 saturated carbocycles. The summed E-state index contributed by atoms with van der Waals surface area (Å²) in [5, 5.41) is 0. The minimum atomic E-state index is -3.81. The van der Waals surface area contributed by atoms with E-state index in [-0.39, 0.29) is 22.4 Å². The Kier molecular flexibility index (Phi) is 6.12. The Hall–Kier alpha value is -2.52. The van der Waals surface area contributed by atoms with Gasteiger partial charge in [-0.2, -0.15) is 8.61 Å². The fourth-order valence-corrected chi connectivity index (χ4v) is 8.57. The zero-order valence-electron chi connectivity index (χ0n) is 20.0. The number of benzene rings is 3. The molecule has 0 aromatic heterocycles. The van der Waals surface area contributed by atoms with E-state index in [2.05, 4.69) is 0 Å².